The second-order valence-corrected chi connectivity index (χ2v) is 10.9. The van der Waals surface area contributed by atoms with E-state index >= 15 is 0 Å². The van der Waals surface area contributed by atoms with Gasteiger partial charge in [-0.1, -0.05) is 44.2 Å². The zero-order chi connectivity index (χ0) is 21.1. The smallest absolute Gasteiger partial charge is 0.233 e. The average Bonchev–Trinajstić information content (AvgIpc) is 3.27. The summed E-state index contributed by atoms with van der Waals surface area (Å²) in [6, 6.07) is 15.1. The van der Waals surface area contributed by atoms with Crippen LogP contribution in [-0.4, -0.2) is 30.2 Å². The van der Waals surface area contributed by atoms with Crippen LogP contribution >= 0.6 is 0 Å². The fourth-order valence-corrected chi connectivity index (χ4v) is 7.43. The van der Waals surface area contributed by atoms with Gasteiger partial charge in [-0.2, -0.15) is 5.10 Å². The Kier molecular flexibility index (Phi) is 4.13. The highest BCUT2D eigenvalue weighted by Gasteiger charge is 2.65. The van der Waals surface area contributed by atoms with E-state index in [2.05, 4.69) is 28.8 Å². The Bertz CT molecular complexity index is 1250. The topological polar surface area (TPSA) is 91.9 Å². The molecule has 3 aromatic rings. The van der Waals surface area contributed by atoms with E-state index in [-0.39, 0.29) is 22.9 Å². The van der Waals surface area contributed by atoms with E-state index in [1.807, 2.05) is 36.4 Å². The zero-order valence-corrected chi connectivity index (χ0v) is 17.9. The number of nitrogens with zero attached hydrogens (tertiary/aromatic N) is 1. The summed E-state index contributed by atoms with van der Waals surface area (Å²) in [6.07, 6.45) is 2.09. The number of H-pyrrole nitrogens is 1. The summed E-state index contributed by atoms with van der Waals surface area (Å²) in [6.45, 7) is 4.10. The van der Waals surface area contributed by atoms with Gasteiger partial charge in [0.1, 0.15) is 5.78 Å². The Morgan fingerprint density at radius 1 is 1.17 bits per heavy atom. The first-order chi connectivity index (χ1) is 14.2. The van der Waals surface area contributed by atoms with E-state index < -0.39 is 15.4 Å². The summed E-state index contributed by atoms with van der Waals surface area (Å²) in [4.78, 5) is 12.7. The molecule has 0 amide bonds. The van der Waals surface area contributed by atoms with Crippen molar-refractivity contribution in [1.82, 2.24) is 10.2 Å². The minimum atomic E-state index is -3.70. The van der Waals surface area contributed by atoms with Crippen LogP contribution in [0.4, 0.5) is 5.69 Å². The van der Waals surface area contributed by atoms with E-state index in [0.29, 0.717) is 18.5 Å². The first-order valence-electron chi connectivity index (χ1n) is 10.3. The Morgan fingerprint density at radius 2 is 1.93 bits per heavy atom. The van der Waals surface area contributed by atoms with Crippen LogP contribution < -0.4 is 4.72 Å². The molecule has 5 rings (SSSR count). The number of carbonyl (C=O) groups is 1. The van der Waals surface area contributed by atoms with Crippen molar-refractivity contribution in [3.8, 4) is 11.3 Å². The summed E-state index contributed by atoms with van der Waals surface area (Å²) >= 11 is 0. The molecule has 2 bridgehead atoms. The van der Waals surface area contributed by atoms with Gasteiger partial charge in [-0.3, -0.25) is 14.6 Å². The van der Waals surface area contributed by atoms with Crippen molar-refractivity contribution in [3.05, 3.63) is 48.5 Å². The minimum Gasteiger partial charge on any atom is -0.299 e. The first-order valence-corrected chi connectivity index (χ1v) is 11.9. The standard InChI is InChI=1S/C23H25N3O3S/c1-22(2)16-10-11-23(22,20(27)12-16)14-30(28,29)26-17-8-9-19-18(13-17)21(25-24-19)15-6-4-3-5-7-15/h3-9,13,16,26H,10-12,14H2,1-2H3,(H,24,25)/t16-,23?/m0/s1. The monoisotopic (exact) mass is 423 g/mol. The molecule has 2 aromatic carbocycles. The Balaban J connectivity index is 1.46. The summed E-state index contributed by atoms with van der Waals surface area (Å²) in [5, 5.41) is 8.24. The van der Waals surface area contributed by atoms with Crippen LogP contribution in [0.15, 0.2) is 48.5 Å². The number of anilines is 1. The van der Waals surface area contributed by atoms with Gasteiger partial charge in [0, 0.05) is 23.1 Å². The van der Waals surface area contributed by atoms with Crippen LogP contribution in [0.5, 0.6) is 0 Å². The van der Waals surface area contributed by atoms with E-state index in [1.54, 1.807) is 12.1 Å². The van der Waals surface area contributed by atoms with Crippen LogP contribution in [0.2, 0.25) is 0 Å². The van der Waals surface area contributed by atoms with Gasteiger partial charge in [0.15, 0.2) is 0 Å². The van der Waals surface area contributed by atoms with Gasteiger partial charge >= 0.3 is 0 Å². The number of aromatic amines is 1. The minimum absolute atomic E-state index is 0.103. The SMILES string of the molecule is CC1(C)[C@H]2CCC1(CS(=O)(=O)Nc1ccc3[nH]nc(-c4ccccc4)c3c1)C(=O)C2. The largest absolute Gasteiger partial charge is 0.299 e. The second kappa shape index (κ2) is 6.41. The fraction of sp³-hybridized carbons (Fsp3) is 0.391. The molecule has 0 radical (unpaired) electrons. The van der Waals surface area contributed by atoms with Crippen molar-refractivity contribution in [2.45, 2.75) is 33.1 Å². The third-order valence-corrected chi connectivity index (χ3v) is 8.88. The molecule has 0 saturated heterocycles. The molecule has 0 spiro atoms. The van der Waals surface area contributed by atoms with Gasteiger partial charge in [-0.25, -0.2) is 8.42 Å². The van der Waals surface area contributed by atoms with Crippen molar-refractivity contribution < 1.29 is 13.2 Å². The number of hydrogen-bond donors (Lipinski definition) is 2. The predicted octanol–water partition coefficient (Wildman–Crippen LogP) is 4.37. The lowest BCUT2D eigenvalue weighted by Crippen LogP contribution is -2.43. The number of ketones is 1. The maximum absolute atomic E-state index is 13.1. The first kappa shape index (κ1) is 19.3. The second-order valence-electron chi connectivity index (χ2n) is 9.23. The third kappa shape index (κ3) is 2.79. The molecule has 1 aromatic heterocycles. The van der Waals surface area contributed by atoms with E-state index in [1.165, 1.54) is 0 Å². The van der Waals surface area contributed by atoms with Crippen molar-refractivity contribution in [2.24, 2.45) is 16.7 Å². The van der Waals surface area contributed by atoms with Gasteiger partial charge in [0.25, 0.3) is 0 Å². The molecule has 6 nitrogen and oxygen atoms in total. The normalized spacial score (nSPS) is 25.1. The lowest BCUT2D eigenvalue weighted by Gasteiger charge is -2.36. The van der Waals surface area contributed by atoms with E-state index in [9.17, 15) is 13.2 Å². The maximum atomic E-state index is 13.1. The van der Waals surface area contributed by atoms with Crippen LogP contribution in [0.3, 0.4) is 0 Å². The third-order valence-electron chi connectivity index (χ3n) is 7.46. The lowest BCUT2D eigenvalue weighted by molar-refractivity contribution is -0.128. The highest BCUT2D eigenvalue weighted by Crippen LogP contribution is 2.64. The maximum Gasteiger partial charge on any atom is 0.233 e. The highest BCUT2D eigenvalue weighted by molar-refractivity contribution is 7.92. The number of rotatable bonds is 5. The predicted molar refractivity (Wildman–Crippen MR) is 118 cm³/mol. The molecule has 2 aliphatic rings. The van der Waals surface area contributed by atoms with Crippen LogP contribution in [-0.2, 0) is 14.8 Å². The van der Waals surface area contributed by atoms with Crippen molar-refractivity contribution in [2.75, 3.05) is 10.5 Å². The van der Waals surface area contributed by atoms with E-state index in [0.717, 1.165) is 28.6 Å². The van der Waals surface area contributed by atoms with Gasteiger partial charge < -0.3 is 0 Å². The average molecular weight is 424 g/mol. The number of nitrogens with one attached hydrogen (secondary N) is 2. The Hall–Kier alpha value is -2.67. The number of hydrogen-bond acceptors (Lipinski definition) is 4. The van der Waals surface area contributed by atoms with Crippen molar-refractivity contribution >= 4 is 32.4 Å². The molecule has 7 heteroatoms. The molecule has 2 saturated carbocycles. The molecular weight excluding hydrogens is 398 g/mol. The number of Topliss-reactive ketones (excluding diaryl/α,β-unsaturated/α-hetero) is 1. The van der Waals surface area contributed by atoms with Gasteiger partial charge in [-0.05, 0) is 42.4 Å². The number of fused-ring (bicyclic) bond motifs is 3. The molecule has 0 aliphatic heterocycles. The quantitative estimate of drug-likeness (QED) is 0.637. The summed E-state index contributed by atoms with van der Waals surface area (Å²) in [5.41, 5.74) is 1.98. The van der Waals surface area contributed by atoms with Gasteiger partial charge in [0.2, 0.25) is 10.0 Å². The molecule has 2 N–H and O–H groups in total. The molecule has 1 heterocycles. The number of carbonyl (C=O) groups excluding carboxylic acids is 1. The summed E-state index contributed by atoms with van der Waals surface area (Å²) < 4.78 is 28.9. The molecule has 30 heavy (non-hydrogen) atoms. The van der Waals surface area contributed by atoms with Crippen molar-refractivity contribution in [3.63, 3.8) is 0 Å². The molecule has 2 atom stereocenters. The van der Waals surface area contributed by atoms with Gasteiger partial charge in [0.05, 0.1) is 22.4 Å². The molecule has 2 aliphatic carbocycles. The molecule has 2 fully saturated rings. The highest BCUT2D eigenvalue weighted by atomic mass is 32.2. The Morgan fingerprint density at radius 3 is 2.60 bits per heavy atom. The summed E-state index contributed by atoms with van der Waals surface area (Å²) in [7, 11) is -3.70. The molecular formula is C23H25N3O3S. The zero-order valence-electron chi connectivity index (χ0n) is 17.1. The fourth-order valence-electron chi connectivity index (χ4n) is 5.54. The lowest BCUT2D eigenvalue weighted by atomic mass is 9.70. The van der Waals surface area contributed by atoms with Gasteiger partial charge in [-0.15, -0.1) is 0 Å². The molecule has 156 valence electrons. The van der Waals surface area contributed by atoms with Crippen LogP contribution in [0.1, 0.15) is 33.1 Å². The number of aromatic nitrogens is 2. The number of benzene rings is 2. The summed E-state index contributed by atoms with van der Waals surface area (Å²) in [5.74, 6) is 0.235. The van der Waals surface area contributed by atoms with Crippen molar-refractivity contribution in [1.29, 1.82) is 0 Å². The van der Waals surface area contributed by atoms with E-state index in [4.69, 9.17) is 0 Å². The molecule has 1 unspecified atom stereocenters. The van der Waals surface area contributed by atoms with Crippen LogP contribution in [0.25, 0.3) is 22.2 Å². The Labute approximate surface area is 176 Å². The van der Waals surface area contributed by atoms with Crippen LogP contribution in [0, 0.1) is 16.7 Å². The number of sulfonamides is 1.